The van der Waals surface area contributed by atoms with Crippen LogP contribution in [0.2, 0.25) is 0 Å². The summed E-state index contributed by atoms with van der Waals surface area (Å²) >= 11 is 0.875. The number of sulfonamides is 1. The number of amidine groups is 1. The van der Waals surface area contributed by atoms with Gasteiger partial charge in [-0.1, -0.05) is 6.07 Å². The second-order valence-electron chi connectivity index (χ2n) is 6.07. The molecule has 0 aromatic heterocycles. The van der Waals surface area contributed by atoms with Gasteiger partial charge in [0.2, 0.25) is 5.91 Å². The number of phenolic OH excluding ortho intramolecular Hbond substituents is 1. The zero-order valence-corrected chi connectivity index (χ0v) is 17.5. The van der Waals surface area contributed by atoms with Crippen LogP contribution in [0.1, 0.15) is 12.5 Å². The first-order chi connectivity index (χ1) is 14.2. The van der Waals surface area contributed by atoms with Crippen molar-refractivity contribution in [3.05, 3.63) is 52.9 Å². The molecule has 1 saturated heterocycles. The van der Waals surface area contributed by atoms with E-state index >= 15 is 0 Å². The molecule has 0 atom stereocenters. The van der Waals surface area contributed by atoms with Crippen LogP contribution in [-0.4, -0.2) is 37.6 Å². The fourth-order valence-electron chi connectivity index (χ4n) is 2.48. The van der Waals surface area contributed by atoms with Gasteiger partial charge in [0.25, 0.3) is 15.9 Å². The molecule has 1 aliphatic heterocycles. The molecule has 2 amide bonds. The number of nitrogens with one attached hydrogen (secondary N) is 2. The van der Waals surface area contributed by atoms with E-state index in [1.54, 1.807) is 12.1 Å². The third-order valence-corrected chi connectivity index (χ3v) is 6.14. The third kappa shape index (κ3) is 4.99. The zero-order valence-electron chi connectivity index (χ0n) is 15.9. The number of phenols is 1. The van der Waals surface area contributed by atoms with Crippen LogP contribution < -0.4 is 15.4 Å². The van der Waals surface area contributed by atoms with Crippen molar-refractivity contribution in [3.63, 3.8) is 0 Å². The number of amides is 2. The van der Waals surface area contributed by atoms with Crippen molar-refractivity contribution < 1.29 is 27.9 Å². The van der Waals surface area contributed by atoms with Crippen LogP contribution in [0.25, 0.3) is 6.08 Å². The van der Waals surface area contributed by atoms with E-state index in [9.17, 15) is 23.1 Å². The molecule has 3 rings (SSSR count). The molecule has 3 N–H and O–H groups in total. The normalized spacial score (nSPS) is 16.5. The lowest BCUT2D eigenvalue weighted by atomic mass is 10.2. The number of hydrogen-bond acceptors (Lipinski definition) is 7. The Morgan fingerprint density at radius 3 is 2.57 bits per heavy atom. The molecule has 156 valence electrons. The number of thioether (sulfide) groups is 1. The van der Waals surface area contributed by atoms with Gasteiger partial charge in [-0.2, -0.15) is 8.42 Å². The molecule has 1 heterocycles. The van der Waals surface area contributed by atoms with E-state index < -0.39 is 15.9 Å². The number of ether oxygens (including phenoxy) is 1. The number of methoxy groups -OCH3 is 1. The van der Waals surface area contributed by atoms with E-state index in [2.05, 4.69) is 15.0 Å². The van der Waals surface area contributed by atoms with E-state index in [1.165, 1.54) is 50.4 Å². The van der Waals surface area contributed by atoms with Crippen molar-refractivity contribution in [1.29, 1.82) is 0 Å². The largest absolute Gasteiger partial charge is 0.504 e. The Morgan fingerprint density at radius 2 is 1.93 bits per heavy atom. The number of hydrogen-bond donors (Lipinski definition) is 3. The van der Waals surface area contributed by atoms with Crippen LogP contribution in [0.4, 0.5) is 5.69 Å². The summed E-state index contributed by atoms with van der Waals surface area (Å²) in [5, 5.41) is 14.5. The number of nitrogens with zero attached hydrogens (tertiary/aromatic N) is 1. The molecule has 0 aliphatic carbocycles. The van der Waals surface area contributed by atoms with Gasteiger partial charge in [-0.05, 0) is 59.8 Å². The van der Waals surface area contributed by atoms with Crippen molar-refractivity contribution in [2.45, 2.75) is 11.8 Å². The predicted molar refractivity (Wildman–Crippen MR) is 114 cm³/mol. The molecular formula is C19H17N3O6S2. The predicted octanol–water partition coefficient (Wildman–Crippen LogP) is 2.31. The van der Waals surface area contributed by atoms with E-state index in [4.69, 9.17) is 4.74 Å². The van der Waals surface area contributed by atoms with Crippen molar-refractivity contribution in [2.24, 2.45) is 4.40 Å². The molecular weight excluding hydrogens is 430 g/mol. The molecule has 0 spiro atoms. The van der Waals surface area contributed by atoms with Gasteiger partial charge in [-0.25, -0.2) is 0 Å². The minimum atomic E-state index is -4.07. The molecule has 1 fully saturated rings. The number of carbonyl (C=O) groups excluding carboxylic acids is 2. The zero-order chi connectivity index (χ0) is 21.9. The molecule has 11 heteroatoms. The minimum Gasteiger partial charge on any atom is -0.504 e. The van der Waals surface area contributed by atoms with Crippen molar-refractivity contribution in [3.8, 4) is 11.5 Å². The first kappa shape index (κ1) is 21.4. The summed E-state index contributed by atoms with van der Waals surface area (Å²) in [6, 6.07) is 10.1. The SMILES string of the molecule is COc1cc(/C=C2\S/C(=N/S(=O)(=O)c3ccc(NC(C)=O)cc3)NC2=O)ccc1O. The van der Waals surface area contributed by atoms with Crippen LogP contribution in [0.5, 0.6) is 11.5 Å². The first-order valence-electron chi connectivity index (χ1n) is 8.48. The number of rotatable bonds is 5. The average Bonchev–Trinajstić information content (AvgIpc) is 3.01. The lowest BCUT2D eigenvalue weighted by Crippen LogP contribution is -2.20. The maximum absolute atomic E-state index is 12.5. The smallest absolute Gasteiger partial charge is 0.284 e. The molecule has 1 aliphatic rings. The highest BCUT2D eigenvalue weighted by atomic mass is 32.2. The third-order valence-electron chi connectivity index (χ3n) is 3.83. The van der Waals surface area contributed by atoms with Crippen LogP contribution in [0, 0.1) is 0 Å². The van der Waals surface area contributed by atoms with Crippen LogP contribution in [0.3, 0.4) is 0 Å². The summed E-state index contributed by atoms with van der Waals surface area (Å²) in [7, 11) is -2.66. The Kier molecular flexibility index (Phi) is 6.13. The van der Waals surface area contributed by atoms with Gasteiger partial charge in [0.15, 0.2) is 16.7 Å². The Labute approximate surface area is 176 Å². The Bertz CT molecular complexity index is 1170. The molecule has 0 bridgehead atoms. The van der Waals surface area contributed by atoms with Gasteiger partial charge in [-0.15, -0.1) is 4.40 Å². The molecule has 9 nitrogen and oxygen atoms in total. The van der Waals surface area contributed by atoms with Gasteiger partial charge in [-0.3, -0.25) is 14.9 Å². The molecule has 30 heavy (non-hydrogen) atoms. The van der Waals surface area contributed by atoms with Gasteiger partial charge in [0.1, 0.15) is 0 Å². The number of aromatic hydroxyl groups is 1. The Morgan fingerprint density at radius 1 is 1.23 bits per heavy atom. The maximum Gasteiger partial charge on any atom is 0.284 e. The number of carbonyl (C=O) groups is 2. The first-order valence-corrected chi connectivity index (χ1v) is 10.7. The Balaban J connectivity index is 1.81. The topological polar surface area (TPSA) is 134 Å². The summed E-state index contributed by atoms with van der Waals surface area (Å²) in [5.41, 5.74) is 1.03. The second kappa shape index (κ2) is 8.59. The van der Waals surface area contributed by atoms with Gasteiger partial charge < -0.3 is 15.2 Å². The molecule has 0 saturated carbocycles. The van der Waals surface area contributed by atoms with E-state index in [1.807, 2.05) is 0 Å². The minimum absolute atomic E-state index is 0.0407. The van der Waals surface area contributed by atoms with Crippen molar-refractivity contribution in [2.75, 3.05) is 12.4 Å². The highest BCUT2D eigenvalue weighted by molar-refractivity contribution is 8.19. The Hall–Kier alpha value is -3.31. The quantitative estimate of drug-likeness (QED) is 0.599. The standard InChI is InChI=1S/C19H17N3O6S2/c1-11(23)20-13-4-6-14(7-5-13)30(26,27)22-19-21-18(25)17(29-19)10-12-3-8-15(24)16(9-12)28-2/h3-10,24H,1-2H3,(H,20,23)(H,21,22,25)/b17-10-. The molecule has 2 aromatic carbocycles. The van der Waals surface area contributed by atoms with Gasteiger partial charge in [0.05, 0.1) is 16.9 Å². The lowest BCUT2D eigenvalue weighted by Gasteiger charge is -2.04. The van der Waals surface area contributed by atoms with Crippen LogP contribution in [0.15, 0.2) is 56.7 Å². The van der Waals surface area contributed by atoms with Crippen LogP contribution in [-0.2, 0) is 19.6 Å². The monoisotopic (exact) mass is 447 g/mol. The highest BCUT2D eigenvalue weighted by Crippen LogP contribution is 2.31. The molecule has 0 unspecified atom stereocenters. The van der Waals surface area contributed by atoms with E-state index in [-0.39, 0.29) is 32.4 Å². The van der Waals surface area contributed by atoms with E-state index in [0.717, 1.165) is 11.8 Å². The van der Waals surface area contributed by atoms with Gasteiger partial charge in [0, 0.05) is 12.6 Å². The van der Waals surface area contributed by atoms with Crippen LogP contribution >= 0.6 is 11.8 Å². The summed E-state index contributed by atoms with van der Waals surface area (Å²) in [5.74, 6) is -0.573. The average molecular weight is 447 g/mol. The second-order valence-corrected chi connectivity index (χ2v) is 8.71. The highest BCUT2D eigenvalue weighted by Gasteiger charge is 2.26. The molecule has 2 aromatic rings. The fraction of sp³-hybridized carbons (Fsp3) is 0.105. The lowest BCUT2D eigenvalue weighted by molar-refractivity contribution is -0.115. The van der Waals surface area contributed by atoms with E-state index in [0.29, 0.717) is 11.3 Å². The summed E-state index contributed by atoms with van der Waals surface area (Å²) in [6.45, 7) is 1.34. The van der Waals surface area contributed by atoms with Gasteiger partial charge >= 0.3 is 0 Å². The van der Waals surface area contributed by atoms with Crippen molar-refractivity contribution >= 4 is 50.5 Å². The summed E-state index contributed by atoms with van der Waals surface area (Å²) in [4.78, 5) is 23.4. The van der Waals surface area contributed by atoms with Crippen molar-refractivity contribution in [1.82, 2.24) is 5.32 Å². The fourth-order valence-corrected chi connectivity index (χ4v) is 4.47. The molecule has 0 radical (unpaired) electrons. The number of anilines is 1. The number of benzene rings is 2. The summed E-state index contributed by atoms with van der Waals surface area (Å²) in [6.07, 6.45) is 1.53. The maximum atomic E-state index is 12.5. The summed E-state index contributed by atoms with van der Waals surface area (Å²) < 4.78 is 33.7.